The first-order valence-corrected chi connectivity index (χ1v) is 5.18. The third kappa shape index (κ3) is 1.85. The molecule has 1 saturated carbocycles. The second-order valence-electron chi connectivity index (χ2n) is 4.56. The molecule has 17 heavy (non-hydrogen) atoms. The van der Waals surface area contributed by atoms with Crippen LogP contribution in [0.4, 0.5) is 0 Å². The Balaban J connectivity index is 3.22. The van der Waals surface area contributed by atoms with Gasteiger partial charge in [-0.1, -0.05) is 12.2 Å². The van der Waals surface area contributed by atoms with Gasteiger partial charge in [-0.3, -0.25) is 9.59 Å². The van der Waals surface area contributed by atoms with Crippen LogP contribution in [0.2, 0.25) is 0 Å². The molecule has 5 heteroatoms. The Morgan fingerprint density at radius 3 is 2.06 bits per heavy atom. The highest BCUT2D eigenvalue weighted by Crippen LogP contribution is 2.52. The molecule has 0 saturated heterocycles. The molecule has 1 fully saturated rings. The Morgan fingerprint density at radius 1 is 1.29 bits per heavy atom. The topological polar surface area (TPSA) is 69.7 Å². The summed E-state index contributed by atoms with van der Waals surface area (Å²) in [5, 5.41) is 0. The van der Waals surface area contributed by atoms with Crippen molar-refractivity contribution >= 4 is 18.2 Å². The third-order valence-corrected chi connectivity index (χ3v) is 3.40. The highest BCUT2D eigenvalue weighted by molar-refractivity contribution is 6.02. The fourth-order valence-electron chi connectivity index (χ4n) is 2.27. The van der Waals surface area contributed by atoms with Crippen LogP contribution in [0.25, 0.3) is 0 Å². The molecule has 1 aliphatic rings. The molecule has 0 aromatic heterocycles. The molecular formula is C12H16O5. The van der Waals surface area contributed by atoms with Gasteiger partial charge in [0.1, 0.15) is 6.29 Å². The summed E-state index contributed by atoms with van der Waals surface area (Å²) < 4.78 is 9.30. The summed E-state index contributed by atoms with van der Waals surface area (Å²) >= 11 is 0. The maximum atomic E-state index is 11.8. The largest absolute Gasteiger partial charge is 0.468 e. The van der Waals surface area contributed by atoms with Gasteiger partial charge in [-0.15, -0.1) is 0 Å². The first kappa shape index (κ1) is 13.4. The highest BCUT2D eigenvalue weighted by atomic mass is 16.5. The molecule has 0 spiro atoms. The van der Waals surface area contributed by atoms with Gasteiger partial charge < -0.3 is 14.3 Å². The van der Waals surface area contributed by atoms with Crippen molar-refractivity contribution in [2.45, 2.75) is 19.8 Å². The molecule has 5 nitrogen and oxygen atoms in total. The SMILES string of the molecule is C=C1CC(C(=O)OC)(C(=O)OC)CC1(C)C=O. The smallest absolute Gasteiger partial charge is 0.323 e. The van der Waals surface area contributed by atoms with Gasteiger partial charge in [0.15, 0.2) is 5.41 Å². The normalized spacial score (nSPS) is 26.4. The summed E-state index contributed by atoms with van der Waals surface area (Å²) in [6.45, 7) is 5.41. The van der Waals surface area contributed by atoms with E-state index in [0.717, 1.165) is 0 Å². The zero-order chi connectivity index (χ0) is 13.3. The number of carbonyl (C=O) groups excluding carboxylic acids is 3. The number of ether oxygens (including phenoxy) is 2. The zero-order valence-corrected chi connectivity index (χ0v) is 10.2. The number of methoxy groups -OCH3 is 2. The number of allylic oxidation sites excluding steroid dienone is 1. The van der Waals surface area contributed by atoms with Crippen molar-refractivity contribution in [3.05, 3.63) is 12.2 Å². The molecular weight excluding hydrogens is 224 g/mol. The van der Waals surface area contributed by atoms with Gasteiger partial charge in [0.2, 0.25) is 0 Å². The molecule has 94 valence electrons. The van der Waals surface area contributed by atoms with Crippen LogP contribution in [0, 0.1) is 10.8 Å². The van der Waals surface area contributed by atoms with Crippen LogP contribution in [0.15, 0.2) is 12.2 Å². The second-order valence-corrected chi connectivity index (χ2v) is 4.56. The van der Waals surface area contributed by atoms with E-state index in [1.807, 2.05) is 0 Å². The Morgan fingerprint density at radius 2 is 1.76 bits per heavy atom. The van der Waals surface area contributed by atoms with Crippen LogP contribution in [0.5, 0.6) is 0 Å². The van der Waals surface area contributed by atoms with Crippen molar-refractivity contribution in [3.63, 3.8) is 0 Å². The second kappa shape index (κ2) is 4.31. The van der Waals surface area contributed by atoms with Crippen LogP contribution < -0.4 is 0 Å². The van der Waals surface area contributed by atoms with E-state index in [4.69, 9.17) is 0 Å². The Bertz CT molecular complexity index is 368. The van der Waals surface area contributed by atoms with Crippen LogP contribution in [0.1, 0.15) is 19.8 Å². The Labute approximate surface area is 99.8 Å². The predicted octanol–water partition coefficient (Wildman–Crippen LogP) is 0.874. The lowest BCUT2D eigenvalue weighted by Gasteiger charge is -2.24. The molecule has 0 aromatic rings. The van der Waals surface area contributed by atoms with Crippen LogP contribution in [-0.2, 0) is 23.9 Å². The minimum Gasteiger partial charge on any atom is -0.468 e. The fourth-order valence-corrected chi connectivity index (χ4v) is 2.27. The number of carbonyl (C=O) groups is 3. The van der Waals surface area contributed by atoms with E-state index < -0.39 is 22.8 Å². The monoisotopic (exact) mass is 240 g/mol. The minimum absolute atomic E-state index is 0.0433. The molecule has 0 aromatic carbocycles. The van der Waals surface area contributed by atoms with Gasteiger partial charge in [0, 0.05) is 5.41 Å². The van der Waals surface area contributed by atoms with Crippen molar-refractivity contribution in [1.29, 1.82) is 0 Å². The fraction of sp³-hybridized carbons (Fsp3) is 0.583. The first-order valence-electron chi connectivity index (χ1n) is 5.18. The van der Waals surface area contributed by atoms with Gasteiger partial charge in [-0.05, 0) is 19.8 Å². The van der Waals surface area contributed by atoms with Gasteiger partial charge in [-0.25, -0.2) is 0 Å². The summed E-state index contributed by atoms with van der Waals surface area (Å²) in [6.07, 6.45) is 0.840. The lowest BCUT2D eigenvalue weighted by Crippen LogP contribution is -2.40. The molecule has 1 atom stereocenters. The lowest BCUT2D eigenvalue weighted by molar-refractivity contribution is -0.169. The molecule has 0 amide bonds. The zero-order valence-electron chi connectivity index (χ0n) is 10.2. The minimum atomic E-state index is -1.43. The predicted molar refractivity (Wildman–Crippen MR) is 59.0 cm³/mol. The van der Waals surface area contributed by atoms with Crippen LogP contribution in [-0.4, -0.2) is 32.4 Å². The number of esters is 2. The van der Waals surface area contributed by atoms with Gasteiger partial charge in [0.05, 0.1) is 14.2 Å². The van der Waals surface area contributed by atoms with E-state index in [9.17, 15) is 14.4 Å². The molecule has 1 aliphatic carbocycles. The van der Waals surface area contributed by atoms with E-state index >= 15 is 0 Å². The number of hydrogen-bond donors (Lipinski definition) is 0. The molecule has 1 unspecified atom stereocenters. The summed E-state index contributed by atoms with van der Waals surface area (Å²) in [5.41, 5.74) is -1.78. The third-order valence-electron chi connectivity index (χ3n) is 3.40. The maximum Gasteiger partial charge on any atom is 0.323 e. The van der Waals surface area contributed by atoms with E-state index in [1.54, 1.807) is 6.92 Å². The van der Waals surface area contributed by atoms with Gasteiger partial charge >= 0.3 is 11.9 Å². The Kier molecular flexibility index (Phi) is 3.40. The average molecular weight is 240 g/mol. The van der Waals surface area contributed by atoms with E-state index in [1.165, 1.54) is 14.2 Å². The summed E-state index contributed by atoms with van der Waals surface area (Å²) in [5.74, 6) is -1.37. The van der Waals surface area contributed by atoms with E-state index in [-0.39, 0.29) is 12.8 Å². The Hall–Kier alpha value is -1.65. The molecule has 0 bridgehead atoms. The van der Waals surface area contributed by atoms with Crippen LogP contribution >= 0.6 is 0 Å². The van der Waals surface area contributed by atoms with E-state index in [0.29, 0.717) is 11.9 Å². The van der Waals surface area contributed by atoms with Crippen molar-refractivity contribution in [3.8, 4) is 0 Å². The number of rotatable bonds is 3. The molecule has 0 aliphatic heterocycles. The molecule has 0 N–H and O–H groups in total. The molecule has 1 rings (SSSR count). The van der Waals surface area contributed by atoms with Gasteiger partial charge in [-0.2, -0.15) is 0 Å². The summed E-state index contributed by atoms with van der Waals surface area (Å²) in [6, 6.07) is 0. The maximum absolute atomic E-state index is 11.8. The summed E-state index contributed by atoms with van der Waals surface area (Å²) in [7, 11) is 2.40. The standard InChI is InChI=1S/C12H16O5/c1-8-5-12(9(14)16-3,10(15)17-4)6-11(8,2)7-13/h7H,1,5-6H2,2-4H3. The first-order chi connectivity index (χ1) is 7.86. The molecule has 0 radical (unpaired) electrons. The van der Waals surface area contributed by atoms with Crippen molar-refractivity contribution in [1.82, 2.24) is 0 Å². The van der Waals surface area contributed by atoms with Crippen molar-refractivity contribution in [2.24, 2.45) is 10.8 Å². The summed E-state index contributed by atoms with van der Waals surface area (Å²) in [4.78, 5) is 34.7. The van der Waals surface area contributed by atoms with Crippen LogP contribution in [0.3, 0.4) is 0 Å². The highest BCUT2D eigenvalue weighted by Gasteiger charge is 2.59. The van der Waals surface area contributed by atoms with Gasteiger partial charge in [0.25, 0.3) is 0 Å². The number of aldehydes is 1. The lowest BCUT2D eigenvalue weighted by atomic mass is 9.81. The average Bonchev–Trinajstić information content (AvgIpc) is 2.61. The molecule has 0 heterocycles. The number of hydrogen-bond acceptors (Lipinski definition) is 5. The quantitative estimate of drug-likeness (QED) is 0.317. The van der Waals surface area contributed by atoms with Crippen molar-refractivity contribution < 1.29 is 23.9 Å². The van der Waals surface area contributed by atoms with E-state index in [2.05, 4.69) is 16.1 Å². The van der Waals surface area contributed by atoms with Crippen molar-refractivity contribution in [2.75, 3.05) is 14.2 Å².